The highest BCUT2D eigenvalue weighted by atomic mass is 16.5. The Morgan fingerprint density at radius 2 is 1.60 bits per heavy atom. The first kappa shape index (κ1) is 28.1. The van der Waals surface area contributed by atoms with Crippen LogP contribution in [0, 0.1) is 6.92 Å². The summed E-state index contributed by atoms with van der Waals surface area (Å²) in [6.07, 6.45) is 0. The molecule has 9 heteroatoms. The molecule has 2 aliphatic heterocycles. The molecule has 4 aromatic carbocycles. The third-order valence-electron chi connectivity index (χ3n) is 8.02. The number of aryl methyl sites for hydroxylation is 1. The normalized spacial score (nSPS) is 14.8. The minimum atomic E-state index is -0.351. The summed E-state index contributed by atoms with van der Waals surface area (Å²) in [6, 6.07) is 33.8. The number of carbonyl (C=O) groups excluding carboxylic acids is 1. The molecule has 2 aliphatic rings. The van der Waals surface area contributed by atoms with E-state index in [0.29, 0.717) is 23.8 Å². The van der Waals surface area contributed by atoms with E-state index < -0.39 is 0 Å². The lowest BCUT2D eigenvalue weighted by molar-refractivity contribution is 0.0526. The number of nitrogens with zero attached hydrogens (tertiary/aromatic N) is 6. The van der Waals surface area contributed by atoms with Crippen molar-refractivity contribution in [2.24, 2.45) is 9.98 Å². The van der Waals surface area contributed by atoms with Crippen LogP contribution in [0.4, 0.5) is 28.6 Å². The highest BCUT2D eigenvalue weighted by Crippen LogP contribution is 2.48. The van der Waals surface area contributed by atoms with Crippen molar-refractivity contribution in [2.45, 2.75) is 19.9 Å². The van der Waals surface area contributed by atoms with Gasteiger partial charge in [0.05, 0.1) is 41.0 Å². The predicted molar refractivity (Wildman–Crippen MR) is 180 cm³/mol. The fourth-order valence-electron chi connectivity index (χ4n) is 5.86. The number of ether oxygens (including phenoxy) is 1. The lowest BCUT2D eigenvalue weighted by Crippen LogP contribution is -2.46. The van der Waals surface area contributed by atoms with Crippen LogP contribution in [0.1, 0.15) is 40.1 Å². The Kier molecular flexibility index (Phi) is 7.13. The SMILES string of the molecule is CCOC(=O)c1ccc(NC2=Nc3ccccc3N3C2=Nc2c(c(C)nn2-c2ccccc2)C3c2ccc(N(C)C)cc2)cc1. The Morgan fingerprint density at radius 3 is 2.31 bits per heavy atom. The molecule has 1 atom stereocenters. The molecule has 0 fully saturated rings. The van der Waals surface area contributed by atoms with E-state index in [-0.39, 0.29) is 12.0 Å². The number of hydrogen-bond donors (Lipinski definition) is 1. The molecular weight excluding hydrogens is 562 g/mol. The minimum absolute atomic E-state index is 0.221. The van der Waals surface area contributed by atoms with Crippen LogP contribution >= 0.6 is 0 Å². The topological polar surface area (TPSA) is 87.3 Å². The minimum Gasteiger partial charge on any atom is -0.462 e. The highest BCUT2D eigenvalue weighted by Gasteiger charge is 2.41. The fourth-order valence-corrected chi connectivity index (χ4v) is 5.86. The van der Waals surface area contributed by atoms with Crippen LogP contribution in [-0.2, 0) is 4.74 Å². The Balaban J connectivity index is 1.41. The van der Waals surface area contributed by atoms with E-state index >= 15 is 0 Å². The van der Waals surface area contributed by atoms with Crippen LogP contribution in [0.3, 0.4) is 0 Å². The van der Waals surface area contributed by atoms with Gasteiger partial charge in [0.15, 0.2) is 17.5 Å². The summed E-state index contributed by atoms with van der Waals surface area (Å²) < 4.78 is 7.08. The standard InChI is InChI=1S/C36H33N7O2/c1-5-45-36(44)25-15-19-26(20-16-25)37-33-35-39-34-31(23(2)40-43(34)28-11-7-6-8-12-28)32(24-17-21-27(22-18-24)41(3)4)42(35)30-14-10-9-13-29(30)38-33/h6-22,32H,5H2,1-4H3,(H,37,38). The molecule has 0 saturated carbocycles. The highest BCUT2D eigenvalue weighted by molar-refractivity contribution is 6.51. The van der Waals surface area contributed by atoms with Crippen LogP contribution in [0.5, 0.6) is 0 Å². The molecule has 0 radical (unpaired) electrons. The van der Waals surface area contributed by atoms with Crippen LogP contribution < -0.4 is 15.1 Å². The van der Waals surface area contributed by atoms with Crippen molar-refractivity contribution in [1.82, 2.24) is 9.78 Å². The monoisotopic (exact) mass is 595 g/mol. The number of para-hydroxylation sites is 3. The second-order valence-electron chi connectivity index (χ2n) is 11.1. The van der Waals surface area contributed by atoms with Crippen LogP contribution in [0.2, 0.25) is 0 Å². The number of aromatic nitrogens is 2. The van der Waals surface area contributed by atoms with Gasteiger partial charge in [-0.1, -0.05) is 42.5 Å². The van der Waals surface area contributed by atoms with Crippen molar-refractivity contribution < 1.29 is 9.53 Å². The van der Waals surface area contributed by atoms with Gasteiger partial charge in [0.2, 0.25) is 0 Å². The van der Waals surface area contributed by atoms with Gasteiger partial charge < -0.3 is 19.9 Å². The van der Waals surface area contributed by atoms with Crippen molar-refractivity contribution in [3.63, 3.8) is 0 Å². The van der Waals surface area contributed by atoms with Gasteiger partial charge in [-0.2, -0.15) is 5.10 Å². The lowest BCUT2D eigenvalue weighted by atomic mass is 9.93. The molecule has 1 aromatic heterocycles. The van der Waals surface area contributed by atoms with Gasteiger partial charge in [-0.05, 0) is 80.1 Å². The van der Waals surface area contributed by atoms with Gasteiger partial charge in [0.25, 0.3) is 0 Å². The summed E-state index contributed by atoms with van der Waals surface area (Å²) in [7, 11) is 4.09. The molecule has 0 bridgehead atoms. The Morgan fingerprint density at radius 1 is 0.889 bits per heavy atom. The molecule has 7 rings (SSSR count). The molecule has 45 heavy (non-hydrogen) atoms. The van der Waals surface area contributed by atoms with Gasteiger partial charge in [-0.25, -0.2) is 19.5 Å². The molecule has 0 spiro atoms. The van der Waals surface area contributed by atoms with Crippen molar-refractivity contribution in [1.29, 1.82) is 0 Å². The Bertz CT molecular complexity index is 1940. The molecule has 224 valence electrons. The third kappa shape index (κ3) is 5.02. The molecule has 1 unspecified atom stereocenters. The fraction of sp³-hybridized carbons (Fsp3) is 0.167. The largest absolute Gasteiger partial charge is 0.462 e. The zero-order valence-electron chi connectivity index (χ0n) is 25.6. The van der Waals surface area contributed by atoms with E-state index in [2.05, 4.69) is 45.4 Å². The average molecular weight is 596 g/mol. The Hall–Kier alpha value is -5.70. The summed E-state index contributed by atoms with van der Waals surface area (Å²) in [6.45, 7) is 4.17. The number of nitrogens with one attached hydrogen (secondary N) is 1. The summed E-state index contributed by atoms with van der Waals surface area (Å²) in [5.74, 6) is 1.68. The number of carbonyl (C=O) groups is 1. The molecule has 0 saturated heterocycles. The number of hydrogen-bond acceptors (Lipinski definition) is 8. The van der Waals surface area contributed by atoms with Crippen molar-refractivity contribution in [3.05, 3.63) is 126 Å². The third-order valence-corrected chi connectivity index (χ3v) is 8.02. The van der Waals surface area contributed by atoms with Crippen LogP contribution in [0.15, 0.2) is 113 Å². The quantitative estimate of drug-likeness (QED) is 0.209. The number of fused-ring (bicyclic) bond motifs is 4. The number of amidine groups is 2. The number of aliphatic imine (C=N–C) groups is 2. The lowest BCUT2D eigenvalue weighted by Gasteiger charge is -2.40. The molecule has 9 nitrogen and oxygen atoms in total. The smallest absolute Gasteiger partial charge is 0.338 e. The first-order chi connectivity index (χ1) is 21.9. The van der Waals surface area contributed by atoms with Crippen molar-refractivity contribution >= 4 is 46.2 Å². The maximum absolute atomic E-state index is 12.3. The molecule has 1 N–H and O–H groups in total. The summed E-state index contributed by atoms with van der Waals surface area (Å²) in [5, 5.41) is 8.52. The maximum atomic E-state index is 12.3. The number of anilines is 3. The van der Waals surface area contributed by atoms with Crippen molar-refractivity contribution in [3.8, 4) is 5.69 Å². The van der Waals surface area contributed by atoms with E-state index in [1.807, 2.05) is 86.4 Å². The summed E-state index contributed by atoms with van der Waals surface area (Å²) in [4.78, 5) is 27.0. The van der Waals surface area contributed by atoms with Crippen molar-refractivity contribution in [2.75, 3.05) is 35.8 Å². The van der Waals surface area contributed by atoms with Gasteiger partial charge in [0.1, 0.15) is 0 Å². The maximum Gasteiger partial charge on any atom is 0.338 e. The second-order valence-corrected chi connectivity index (χ2v) is 11.1. The van der Waals surface area contributed by atoms with Gasteiger partial charge in [-0.3, -0.25) is 0 Å². The van der Waals surface area contributed by atoms with Gasteiger partial charge >= 0.3 is 5.97 Å². The molecule has 3 heterocycles. The summed E-state index contributed by atoms with van der Waals surface area (Å²) >= 11 is 0. The molecule has 0 amide bonds. The average Bonchev–Trinajstić information content (AvgIpc) is 3.40. The van der Waals surface area contributed by atoms with E-state index in [0.717, 1.165) is 51.1 Å². The zero-order chi connectivity index (χ0) is 31.1. The molecular formula is C36H33N7O2. The predicted octanol–water partition coefficient (Wildman–Crippen LogP) is 7.22. The second kappa shape index (κ2) is 11.4. The van der Waals surface area contributed by atoms with E-state index in [1.54, 1.807) is 19.1 Å². The van der Waals surface area contributed by atoms with E-state index in [9.17, 15) is 4.79 Å². The first-order valence-corrected chi connectivity index (χ1v) is 15.0. The number of esters is 1. The molecule has 0 aliphatic carbocycles. The van der Waals surface area contributed by atoms with Gasteiger partial charge in [0, 0.05) is 31.0 Å². The molecule has 5 aromatic rings. The first-order valence-electron chi connectivity index (χ1n) is 15.0. The van der Waals surface area contributed by atoms with Gasteiger partial charge in [-0.15, -0.1) is 0 Å². The van der Waals surface area contributed by atoms with Crippen LogP contribution in [0.25, 0.3) is 5.69 Å². The zero-order valence-corrected chi connectivity index (χ0v) is 25.6. The van der Waals surface area contributed by atoms with E-state index in [4.69, 9.17) is 19.8 Å². The number of rotatable bonds is 6. The van der Waals surface area contributed by atoms with Crippen LogP contribution in [-0.4, -0.2) is 48.1 Å². The summed E-state index contributed by atoms with van der Waals surface area (Å²) in [5.41, 5.74) is 8.15. The number of benzene rings is 4. The van der Waals surface area contributed by atoms with E-state index in [1.165, 1.54) is 0 Å². The Labute approximate surface area is 262 Å².